The molecule has 0 aliphatic carbocycles. The number of rotatable bonds is 7. The van der Waals surface area contributed by atoms with E-state index in [1.807, 2.05) is 6.92 Å². The van der Waals surface area contributed by atoms with Gasteiger partial charge in [0.15, 0.2) is 0 Å². The minimum Gasteiger partial charge on any atom is -0.481 e. The third-order valence-corrected chi connectivity index (χ3v) is 3.55. The van der Waals surface area contributed by atoms with E-state index >= 15 is 0 Å². The predicted molar refractivity (Wildman–Crippen MR) is 50.4 cm³/mol. The van der Waals surface area contributed by atoms with Gasteiger partial charge in [-0.25, -0.2) is 8.42 Å². The highest BCUT2D eigenvalue weighted by Gasteiger charge is 2.08. The number of unbranched alkanes of at least 4 members (excludes halogenated alkanes) is 1. The van der Waals surface area contributed by atoms with E-state index in [4.69, 9.17) is 5.11 Å². The van der Waals surface area contributed by atoms with Gasteiger partial charge < -0.3 is 5.11 Å². The van der Waals surface area contributed by atoms with Crippen LogP contribution in [-0.2, 0) is 14.6 Å². The Balaban J connectivity index is 3.58. The summed E-state index contributed by atoms with van der Waals surface area (Å²) in [4.78, 5) is 10.1. The van der Waals surface area contributed by atoms with Crippen molar-refractivity contribution in [2.24, 2.45) is 0 Å². The lowest BCUT2D eigenvalue weighted by molar-refractivity contribution is -0.137. The summed E-state index contributed by atoms with van der Waals surface area (Å²) < 4.78 is 22.3. The maximum Gasteiger partial charge on any atom is 0.303 e. The van der Waals surface area contributed by atoms with Gasteiger partial charge in [0.25, 0.3) is 0 Å². The molecule has 0 amide bonds. The maximum absolute atomic E-state index is 11.1. The Morgan fingerprint density at radius 1 is 1.23 bits per heavy atom. The molecular formula is C8H16O4S. The van der Waals surface area contributed by atoms with E-state index < -0.39 is 15.8 Å². The third-order valence-electron chi connectivity index (χ3n) is 1.61. The number of hydrogen-bond acceptors (Lipinski definition) is 3. The van der Waals surface area contributed by atoms with Crippen LogP contribution >= 0.6 is 0 Å². The fourth-order valence-electron chi connectivity index (χ4n) is 1.01. The van der Waals surface area contributed by atoms with Crippen molar-refractivity contribution < 1.29 is 18.3 Å². The summed E-state index contributed by atoms with van der Waals surface area (Å²) in [6.07, 6.45) is 1.58. The van der Waals surface area contributed by atoms with Crippen LogP contribution in [0.15, 0.2) is 0 Å². The molecule has 0 aromatic heterocycles. The van der Waals surface area contributed by atoms with Crippen LogP contribution < -0.4 is 0 Å². The number of sulfone groups is 1. The van der Waals surface area contributed by atoms with E-state index in [1.165, 1.54) is 0 Å². The summed E-state index contributed by atoms with van der Waals surface area (Å²) in [5.41, 5.74) is 0. The predicted octanol–water partition coefficient (Wildman–Crippen LogP) is 1.07. The maximum atomic E-state index is 11.1. The first-order valence-corrected chi connectivity index (χ1v) is 6.22. The Hall–Kier alpha value is -0.580. The standard InChI is InChI=1S/C8H16O4S/c1-2-6-13(11,12)7-4-3-5-8(9)10/h2-7H2,1H3,(H,9,10). The SMILES string of the molecule is CCCS(=O)(=O)CCCCC(=O)O. The minimum atomic E-state index is -2.92. The van der Waals surface area contributed by atoms with Gasteiger partial charge in [0.1, 0.15) is 9.84 Å². The molecule has 0 rings (SSSR count). The van der Waals surface area contributed by atoms with Crippen molar-refractivity contribution in [2.75, 3.05) is 11.5 Å². The first-order valence-electron chi connectivity index (χ1n) is 4.40. The molecule has 5 heteroatoms. The van der Waals surface area contributed by atoms with Crippen molar-refractivity contribution in [1.82, 2.24) is 0 Å². The molecule has 0 unspecified atom stereocenters. The van der Waals surface area contributed by atoms with Gasteiger partial charge in [-0.3, -0.25) is 4.79 Å². The number of aliphatic carboxylic acids is 1. The van der Waals surface area contributed by atoms with Crippen LogP contribution in [0.4, 0.5) is 0 Å². The van der Waals surface area contributed by atoms with Crippen LogP contribution in [0.5, 0.6) is 0 Å². The molecular weight excluding hydrogens is 192 g/mol. The number of carbonyl (C=O) groups is 1. The normalized spacial score (nSPS) is 11.5. The van der Waals surface area contributed by atoms with Crippen LogP contribution in [0.2, 0.25) is 0 Å². The highest BCUT2D eigenvalue weighted by Crippen LogP contribution is 2.01. The molecule has 0 aromatic carbocycles. The van der Waals surface area contributed by atoms with E-state index in [1.54, 1.807) is 0 Å². The quantitative estimate of drug-likeness (QED) is 0.635. The monoisotopic (exact) mass is 208 g/mol. The molecule has 0 saturated carbocycles. The summed E-state index contributed by atoms with van der Waals surface area (Å²) in [6, 6.07) is 0. The minimum absolute atomic E-state index is 0.0572. The molecule has 78 valence electrons. The molecule has 0 fully saturated rings. The highest BCUT2D eigenvalue weighted by molar-refractivity contribution is 7.91. The fourth-order valence-corrected chi connectivity index (χ4v) is 2.48. The number of hydrogen-bond donors (Lipinski definition) is 1. The van der Waals surface area contributed by atoms with Gasteiger partial charge in [-0.1, -0.05) is 6.92 Å². The van der Waals surface area contributed by atoms with Crippen molar-refractivity contribution in [3.8, 4) is 0 Å². The highest BCUT2D eigenvalue weighted by atomic mass is 32.2. The van der Waals surface area contributed by atoms with Gasteiger partial charge >= 0.3 is 5.97 Å². The molecule has 0 spiro atoms. The molecule has 0 aliphatic heterocycles. The zero-order valence-electron chi connectivity index (χ0n) is 7.82. The Morgan fingerprint density at radius 3 is 2.31 bits per heavy atom. The molecule has 0 aromatic rings. The lowest BCUT2D eigenvalue weighted by Crippen LogP contribution is -2.10. The van der Waals surface area contributed by atoms with Crippen LogP contribution in [0.25, 0.3) is 0 Å². The molecule has 0 radical (unpaired) electrons. The first-order chi connectivity index (χ1) is 5.98. The van der Waals surface area contributed by atoms with Crippen LogP contribution in [0, 0.1) is 0 Å². The van der Waals surface area contributed by atoms with Crippen molar-refractivity contribution in [3.63, 3.8) is 0 Å². The summed E-state index contributed by atoms with van der Waals surface area (Å²) in [6.45, 7) is 1.81. The Bertz CT molecular complexity index is 243. The average Bonchev–Trinajstić information content (AvgIpc) is 1.98. The second kappa shape index (κ2) is 5.96. The molecule has 13 heavy (non-hydrogen) atoms. The molecule has 0 aliphatic rings. The molecule has 0 atom stereocenters. The Morgan fingerprint density at radius 2 is 1.85 bits per heavy atom. The second-order valence-electron chi connectivity index (χ2n) is 3.00. The summed E-state index contributed by atoms with van der Waals surface area (Å²) in [5, 5.41) is 8.30. The molecule has 4 nitrogen and oxygen atoms in total. The number of carboxylic acids is 1. The smallest absolute Gasteiger partial charge is 0.303 e. The molecule has 0 heterocycles. The fraction of sp³-hybridized carbons (Fsp3) is 0.875. The van der Waals surface area contributed by atoms with Crippen molar-refractivity contribution in [2.45, 2.75) is 32.6 Å². The third kappa shape index (κ3) is 7.77. The second-order valence-corrected chi connectivity index (χ2v) is 5.31. The summed E-state index contributed by atoms with van der Waals surface area (Å²) >= 11 is 0. The number of carboxylic acid groups (broad SMARTS) is 1. The van der Waals surface area contributed by atoms with E-state index in [-0.39, 0.29) is 17.9 Å². The first kappa shape index (κ1) is 12.4. The van der Waals surface area contributed by atoms with Gasteiger partial charge in [0.2, 0.25) is 0 Å². The zero-order valence-corrected chi connectivity index (χ0v) is 8.64. The average molecular weight is 208 g/mol. The summed E-state index contributed by atoms with van der Waals surface area (Å²) in [7, 11) is -2.92. The molecule has 0 saturated heterocycles. The van der Waals surface area contributed by atoms with Crippen LogP contribution in [0.3, 0.4) is 0 Å². The van der Waals surface area contributed by atoms with Crippen LogP contribution in [0.1, 0.15) is 32.6 Å². The summed E-state index contributed by atoms with van der Waals surface area (Å²) in [5.74, 6) is -0.540. The molecule has 1 N–H and O–H groups in total. The van der Waals surface area contributed by atoms with Crippen LogP contribution in [-0.4, -0.2) is 31.0 Å². The van der Waals surface area contributed by atoms with E-state index in [0.717, 1.165) is 0 Å². The lowest BCUT2D eigenvalue weighted by atomic mass is 10.3. The van der Waals surface area contributed by atoms with Crippen molar-refractivity contribution in [3.05, 3.63) is 0 Å². The van der Waals surface area contributed by atoms with Crippen molar-refractivity contribution >= 4 is 15.8 Å². The Labute approximate surface area is 78.9 Å². The van der Waals surface area contributed by atoms with Gasteiger partial charge in [-0.05, 0) is 19.3 Å². The zero-order chi connectivity index (χ0) is 10.3. The van der Waals surface area contributed by atoms with Gasteiger partial charge in [-0.15, -0.1) is 0 Å². The largest absolute Gasteiger partial charge is 0.481 e. The molecule has 0 bridgehead atoms. The van der Waals surface area contributed by atoms with Crippen molar-refractivity contribution in [1.29, 1.82) is 0 Å². The van der Waals surface area contributed by atoms with E-state index in [0.29, 0.717) is 19.3 Å². The van der Waals surface area contributed by atoms with Gasteiger partial charge in [0, 0.05) is 12.2 Å². The van der Waals surface area contributed by atoms with Gasteiger partial charge in [0.05, 0.1) is 5.75 Å². The lowest BCUT2D eigenvalue weighted by Gasteiger charge is -2.00. The van der Waals surface area contributed by atoms with Gasteiger partial charge in [-0.2, -0.15) is 0 Å². The van der Waals surface area contributed by atoms with E-state index in [9.17, 15) is 13.2 Å². The topological polar surface area (TPSA) is 71.4 Å². The Kier molecular flexibility index (Phi) is 5.70. The van der Waals surface area contributed by atoms with E-state index in [2.05, 4.69) is 0 Å².